The van der Waals surface area contributed by atoms with Gasteiger partial charge in [0.1, 0.15) is 0 Å². The number of hydrogen-bond donors (Lipinski definition) is 0. The summed E-state index contributed by atoms with van der Waals surface area (Å²) in [5.74, 6) is 1.02. The number of fused-ring (bicyclic) bond motifs is 1. The number of rotatable bonds is 0. The lowest BCUT2D eigenvalue weighted by molar-refractivity contribution is -0.117. The van der Waals surface area contributed by atoms with E-state index in [1.54, 1.807) is 5.57 Å². The highest BCUT2D eigenvalue weighted by molar-refractivity contribution is 5.99. The highest BCUT2D eigenvalue weighted by Gasteiger charge is 2.46. The van der Waals surface area contributed by atoms with E-state index in [0.717, 1.165) is 19.3 Å². The summed E-state index contributed by atoms with van der Waals surface area (Å²) >= 11 is 0. The molecule has 0 aromatic rings. The minimum Gasteiger partial charge on any atom is -0.295 e. The average molecular weight is 258 g/mol. The smallest absolute Gasteiger partial charge is 0.159 e. The number of carbonyl (C=O) groups is 1. The van der Waals surface area contributed by atoms with Crippen molar-refractivity contribution in [3.05, 3.63) is 22.8 Å². The molecule has 104 valence electrons. The Hall–Kier alpha value is -0.850. The number of hydrogen-bond acceptors (Lipinski definition) is 1. The summed E-state index contributed by atoms with van der Waals surface area (Å²) in [7, 11) is 0. The van der Waals surface area contributed by atoms with Crippen LogP contribution >= 0.6 is 0 Å². The van der Waals surface area contributed by atoms with Gasteiger partial charge in [0.15, 0.2) is 5.78 Å². The van der Waals surface area contributed by atoms with Crippen LogP contribution in [-0.4, -0.2) is 5.78 Å². The number of ketones is 1. The lowest BCUT2D eigenvalue weighted by Crippen LogP contribution is -2.40. The molecule has 0 spiro atoms. The second kappa shape index (κ2) is 4.07. The summed E-state index contributed by atoms with van der Waals surface area (Å²) in [6, 6.07) is 0. The molecule has 0 amide bonds. The zero-order chi connectivity index (χ0) is 13.8. The van der Waals surface area contributed by atoms with Crippen LogP contribution in [0.1, 0.15) is 66.2 Å². The van der Waals surface area contributed by atoms with E-state index in [-0.39, 0.29) is 5.41 Å². The van der Waals surface area contributed by atoms with Gasteiger partial charge in [-0.25, -0.2) is 0 Å². The topological polar surface area (TPSA) is 17.1 Å². The molecule has 0 heterocycles. The molecule has 0 aliphatic heterocycles. The normalized spacial score (nSPS) is 32.5. The van der Waals surface area contributed by atoms with Crippen LogP contribution in [0.15, 0.2) is 22.8 Å². The third-order valence-electron chi connectivity index (χ3n) is 5.57. The quantitative estimate of drug-likeness (QED) is 0.608. The Balaban J connectivity index is 2.08. The highest BCUT2D eigenvalue weighted by atomic mass is 16.1. The predicted molar refractivity (Wildman–Crippen MR) is 78.9 cm³/mol. The van der Waals surface area contributed by atoms with Crippen molar-refractivity contribution in [2.24, 2.45) is 16.7 Å². The van der Waals surface area contributed by atoms with Crippen molar-refractivity contribution in [3.63, 3.8) is 0 Å². The maximum Gasteiger partial charge on any atom is 0.159 e. The molecular weight excluding hydrogens is 232 g/mol. The molecular formula is C18H26O. The van der Waals surface area contributed by atoms with Crippen molar-refractivity contribution in [1.82, 2.24) is 0 Å². The Morgan fingerprint density at radius 1 is 1.16 bits per heavy atom. The highest BCUT2D eigenvalue weighted by Crippen LogP contribution is 2.55. The van der Waals surface area contributed by atoms with Crippen LogP contribution in [0.4, 0.5) is 0 Å². The van der Waals surface area contributed by atoms with E-state index in [1.165, 1.54) is 30.4 Å². The van der Waals surface area contributed by atoms with Crippen LogP contribution in [0.5, 0.6) is 0 Å². The molecule has 0 N–H and O–H groups in total. The number of carbonyl (C=O) groups excluding carboxylic acids is 1. The largest absolute Gasteiger partial charge is 0.295 e. The lowest BCUT2D eigenvalue weighted by atomic mass is 9.55. The number of Topliss-reactive ketones (excluding diaryl/α,β-unsaturated/α-hetero) is 1. The van der Waals surface area contributed by atoms with E-state index in [4.69, 9.17) is 0 Å². The molecule has 19 heavy (non-hydrogen) atoms. The van der Waals surface area contributed by atoms with Crippen molar-refractivity contribution in [2.45, 2.75) is 66.2 Å². The van der Waals surface area contributed by atoms with Crippen molar-refractivity contribution < 1.29 is 4.79 Å². The molecule has 1 fully saturated rings. The second-order valence-electron chi connectivity index (χ2n) is 8.05. The number of allylic oxidation sites excluding steroid dienone is 4. The summed E-state index contributed by atoms with van der Waals surface area (Å²) in [5, 5.41) is 0. The molecule has 1 heteroatoms. The van der Waals surface area contributed by atoms with E-state index in [0.29, 0.717) is 17.1 Å². The van der Waals surface area contributed by atoms with Gasteiger partial charge in [-0.3, -0.25) is 4.79 Å². The first kappa shape index (κ1) is 13.1. The van der Waals surface area contributed by atoms with Crippen LogP contribution in [0.3, 0.4) is 0 Å². The van der Waals surface area contributed by atoms with Crippen LogP contribution < -0.4 is 0 Å². The molecule has 0 radical (unpaired) electrons. The lowest BCUT2D eigenvalue weighted by Gasteiger charge is -2.48. The van der Waals surface area contributed by atoms with Crippen LogP contribution in [0.25, 0.3) is 0 Å². The van der Waals surface area contributed by atoms with Gasteiger partial charge in [-0.2, -0.15) is 0 Å². The van der Waals surface area contributed by atoms with E-state index in [2.05, 4.69) is 33.8 Å². The summed E-state index contributed by atoms with van der Waals surface area (Å²) in [5.41, 5.74) is 4.66. The molecule has 3 aliphatic rings. The van der Waals surface area contributed by atoms with E-state index in [1.807, 2.05) is 0 Å². The molecule has 3 aliphatic carbocycles. The molecule has 1 nitrogen and oxygen atoms in total. The standard InChI is InChI=1S/C18H26O/c1-17(2)9-8-14-13(11-17)10-12-6-5-7-15(19)16(12)18(14,3)4/h10,14H,5-9,11H2,1-4H3. The first-order valence-electron chi connectivity index (χ1n) is 7.78. The third kappa shape index (κ3) is 2.02. The van der Waals surface area contributed by atoms with Crippen LogP contribution in [0.2, 0.25) is 0 Å². The van der Waals surface area contributed by atoms with Crippen molar-refractivity contribution >= 4 is 5.78 Å². The molecule has 1 unspecified atom stereocenters. The first-order chi connectivity index (χ1) is 8.81. The molecule has 3 rings (SSSR count). The fraction of sp³-hybridized carbons (Fsp3) is 0.722. The van der Waals surface area contributed by atoms with Crippen LogP contribution in [-0.2, 0) is 4.79 Å². The zero-order valence-corrected chi connectivity index (χ0v) is 12.8. The molecule has 0 aromatic carbocycles. The van der Waals surface area contributed by atoms with Crippen LogP contribution in [0, 0.1) is 16.7 Å². The van der Waals surface area contributed by atoms with Gasteiger partial charge in [-0.05, 0) is 54.4 Å². The Kier molecular flexibility index (Phi) is 2.82. The average Bonchev–Trinajstić information content (AvgIpc) is 2.26. The maximum absolute atomic E-state index is 12.4. The minimum atomic E-state index is 0.0629. The summed E-state index contributed by atoms with van der Waals surface area (Å²) in [6.45, 7) is 9.38. The fourth-order valence-corrected chi connectivity index (χ4v) is 4.64. The summed E-state index contributed by atoms with van der Waals surface area (Å²) in [4.78, 5) is 12.4. The van der Waals surface area contributed by atoms with Crippen molar-refractivity contribution in [1.29, 1.82) is 0 Å². The maximum atomic E-state index is 12.4. The summed E-state index contributed by atoms with van der Waals surface area (Å²) in [6.07, 6.45) is 9.08. The Morgan fingerprint density at radius 3 is 2.63 bits per heavy atom. The summed E-state index contributed by atoms with van der Waals surface area (Å²) < 4.78 is 0. The van der Waals surface area contributed by atoms with Gasteiger partial charge in [-0.1, -0.05) is 39.3 Å². The Morgan fingerprint density at radius 2 is 1.89 bits per heavy atom. The van der Waals surface area contributed by atoms with Gasteiger partial charge < -0.3 is 0 Å². The SMILES string of the molecule is CC1(C)CCC2C(=CC3=C(C(=O)CCC3)C2(C)C)C1. The molecule has 0 aromatic heterocycles. The monoisotopic (exact) mass is 258 g/mol. The van der Waals surface area contributed by atoms with E-state index >= 15 is 0 Å². The van der Waals surface area contributed by atoms with Gasteiger partial charge >= 0.3 is 0 Å². The van der Waals surface area contributed by atoms with Crippen molar-refractivity contribution in [2.75, 3.05) is 0 Å². The minimum absolute atomic E-state index is 0.0629. The fourth-order valence-electron chi connectivity index (χ4n) is 4.64. The first-order valence-corrected chi connectivity index (χ1v) is 7.78. The van der Waals surface area contributed by atoms with Gasteiger partial charge in [-0.15, -0.1) is 0 Å². The van der Waals surface area contributed by atoms with Crippen molar-refractivity contribution in [3.8, 4) is 0 Å². The molecule has 0 bridgehead atoms. The van der Waals surface area contributed by atoms with Gasteiger partial charge in [0, 0.05) is 12.0 Å². The third-order valence-corrected chi connectivity index (χ3v) is 5.57. The van der Waals surface area contributed by atoms with Gasteiger partial charge in [0.2, 0.25) is 0 Å². The van der Waals surface area contributed by atoms with E-state index < -0.39 is 0 Å². The zero-order valence-electron chi connectivity index (χ0n) is 12.8. The van der Waals surface area contributed by atoms with E-state index in [9.17, 15) is 4.79 Å². The second-order valence-corrected chi connectivity index (χ2v) is 8.05. The Labute approximate surface area is 117 Å². The molecule has 1 saturated carbocycles. The van der Waals surface area contributed by atoms with Gasteiger partial charge in [0.25, 0.3) is 0 Å². The molecule has 1 atom stereocenters. The Bertz CT molecular complexity index is 488. The van der Waals surface area contributed by atoms with Gasteiger partial charge in [0.05, 0.1) is 0 Å². The molecule has 0 saturated heterocycles. The predicted octanol–water partition coefficient (Wildman–Crippen LogP) is 4.83.